The topological polar surface area (TPSA) is 169 Å². The van der Waals surface area contributed by atoms with Crippen LogP contribution in [0, 0.1) is 10.1 Å². The predicted molar refractivity (Wildman–Crippen MR) is 126 cm³/mol. The average molecular weight is 494 g/mol. The van der Waals surface area contributed by atoms with Gasteiger partial charge in [-0.2, -0.15) is 0 Å². The Kier molecular flexibility index (Phi) is 8.92. The Morgan fingerprint density at radius 2 is 1.76 bits per heavy atom. The van der Waals surface area contributed by atoms with Gasteiger partial charge in [0.15, 0.2) is 0 Å². The lowest BCUT2D eigenvalue weighted by molar-refractivity contribution is -0.383. The number of sulfonamides is 1. The van der Waals surface area contributed by atoms with Crippen LogP contribution in [0.15, 0.2) is 53.4 Å². The summed E-state index contributed by atoms with van der Waals surface area (Å²) in [6.07, 6.45) is -0.661. The summed E-state index contributed by atoms with van der Waals surface area (Å²) in [6.45, 7) is 4.81. The molecule has 2 amide bonds. The normalized spacial score (nSPS) is 11.4. The molecule has 0 radical (unpaired) electrons. The van der Waals surface area contributed by atoms with Gasteiger partial charge in [-0.1, -0.05) is 18.2 Å². The molecule has 0 fully saturated rings. The molecular formula is C21H27N5O7S. The number of amides is 2. The molecule has 0 aliphatic carbocycles. The molecule has 13 heteroatoms. The molecule has 0 unspecified atom stereocenters. The first-order valence-electron chi connectivity index (χ1n) is 10.2. The van der Waals surface area contributed by atoms with Gasteiger partial charge in [-0.15, -0.1) is 0 Å². The Balaban J connectivity index is 1.90. The Morgan fingerprint density at radius 1 is 1.06 bits per heavy atom. The van der Waals surface area contributed by atoms with E-state index in [9.17, 15) is 28.1 Å². The molecular weight excluding hydrogens is 466 g/mol. The summed E-state index contributed by atoms with van der Waals surface area (Å²) in [6, 6.07) is 11.5. The lowest BCUT2D eigenvalue weighted by Crippen LogP contribution is -2.37. The molecule has 0 bridgehead atoms. The summed E-state index contributed by atoms with van der Waals surface area (Å²) in [5.41, 5.74) is -0.428. The van der Waals surface area contributed by atoms with Gasteiger partial charge in [-0.3, -0.25) is 14.9 Å². The maximum atomic E-state index is 12.5. The molecule has 0 aliphatic heterocycles. The number of ether oxygens (including phenoxy) is 1. The Labute approximate surface area is 197 Å². The minimum absolute atomic E-state index is 0.0157. The number of rotatable bonds is 10. The van der Waals surface area contributed by atoms with Gasteiger partial charge in [0.1, 0.15) is 11.3 Å². The van der Waals surface area contributed by atoms with Crippen LogP contribution in [0.1, 0.15) is 20.8 Å². The van der Waals surface area contributed by atoms with E-state index in [2.05, 4.69) is 20.7 Å². The third kappa shape index (κ3) is 8.67. The lowest BCUT2D eigenvalue weighted by Gasteiger charge is -2.19. The van der Waals surface area contributed by atoms with Crippen LogP contribution in [-0.4, -0.2) is 50.6 Å². The molecule has 0 atom stereocenters. The van der Waals surface area contributed by atoms with E-state index in [0.717, 1.165) is 0 Å². The number of nitrogens with zero attached hydrogens (tertiary/aromatic N) is 1. The second-order valence-corrected chi connectivity index (χ2v) is 9.80. The van der Waals surface area contributed by atoms with E-state index in [-0.39, 0.29) is 41.6 Å². The second-order valence-electron chi connectivity index (χ2n) is 8.03. The van der Waals surface area contributed by atoms with Gasteiger partial charge in [-0.05, 0) is 45.0 Å². The van der Waals surface area contributed by atoms with Crippen LogP contribution in [0.5, 0.6) is 0 Å². The van der Waals surface area contributed by atoms with Gasteiger partial charge >= 0.3 is 6.09 Å². The highest BCUT2D eigenvalue weighted by molar-refractivity contribution is 7.89. The number of carbonyl (C=O) groups excluding carboxylic acids is 2. The van der Waals surface area contributed by atoms with E-state index in [4.69, 9.17) is 4.74 Å². The maximum Gasteiger partial charge on any atom is 0.407 e. The molecule has 0 spiro atoms. The number of para-hydroxylation sites is 2. The van der Waals surface area contributed by atoms with Crippen molar-refractivity contribution >= 4 is 39.1 Å². The molecule has 0 heterocycles. The van der Waals surface area contributed by atoms with E-state index in [1.807, 2.05) is 0 Å². The van der Waals surface area contributed by atoms with Crippen LogP contribution in [0.3, 0.4) is 0 Å². The molecule has 4 N–H and O–H groups in total. The van der Waals surface area contributed by atoms with Crippen molar-refractivity contribution < 1.29 is 27.7 Å². The zero-order valence-corrected chi connectivity index (χ0v) is 19.8. The molecule has 34 heavy (non-hydrogen) atoms. The molecule has 2 aromatic carbocycles. The maximum absolute atomic E-state index is 12.5. The van der Waals surface area contributed by atoms with Gasteiger partial charge in [0.05, 0.1) is 16.4 Å². The fraction of sp³-hybridized carbons (Fsp3) is 0.333. The Bertz CT molecular complexity index is 1150. The highest BCUT2D eigenvalue weighted by Crippen LogP contribution is 2.23. The first-order chi connectivity index (χ1) is 15.9. The van der Waals surface area contributed by atoms with E-state index < -0.39 is 32.5 Å². The summed E-state index contributed by atoms with van der Waals surface area (Å²) < 4.78 is 32.4. The lowest BCUT2D eigenvalue weighted by atomic mass is 10.2. The Hall–Kier alpha value is -3.71. The number of anilines is 2. The number of carbonyl (C=O) groups is 2. The molecule has 184 valence electrons. The molecule has 0 saturated heterocycles. The first-order valence-corrected chi connectivity index (χ1v) is 11.7. The van der Waals surface area contributed by atoms with Crippen molar-refractivity contribution in [1.82, 2.24) is 10.0 Å². The standard InChI is InChI=1S/C21H27N5O7S/c1-21(2,3)33-20(28)22-11-12-24-34(31,32)16-8-6-7-15(13-16)25-19(27)14-23-17-9-4-5-10-18(17)26(29)30/h4-10,13,23-24H,11-12,14H2,1-3H3,(H,22,28)(H,25,27). The number of hydrogen-bond donors (Lipinski definition) is 4. The van der Waals surface area contributed by atoms with Crippen molar-refractivity contribution in [3.8, 4) is 0 Å². The van der Waals surface area contributed by atoms with Crippen molar-refractivity contribution in [3.63, 3.8) is 0 Å². The van der Waals surface area contributed by atoms with Crippen molar-refractivity contribution in [1.29, 1.82) is 0 Å². The first kappa shape index (κ1) is 26.5. The monoisotopic (exact) mass is 493 g/mol. The third-order valence-corrected chi connectivity index (χ3v) is 5.51. The number of hydrogen-bond acceptors (Lipinski definition) is 8. The van der Waals surface area contributed by atoms with Crippen LogP contribution < -0.4 is 20.7 Å². The Morgan fingerprint density at radius 3 is 2.44 bits per heavy atom. The molecule has 0 saturated carbocycles. The van der Waals surface area contributed by atoms with Crippen LogP contribution in [0.4, 0.5) is 21.9 Å². The summed E-state index contributed by atoms with van der Waals surface area (Å²) in [5, 5.41) is 18.7. The highest BCUT2D eigenvalue weighted by Gasteiger charge is 2.18. The zero-order chi connectivity index (χ0) is 25.4. The van der Waals surface area contributed by atoms with Crippen molar-refractivity contribution in [2.75, 3.05) is 30.3 Å². The molecule has 12 nitrogen and oxygen atoms in total. The predicted octanol–water partition coefficient (Wildman–Crippen LogP) is 2.45. The van der Waals surface area contributed by atoms with E-state index in [0.29, 0.717) is 0 Å². The fourth-order valence-electron chi connectivity index (χ4n) is 2.65. The number of nitro benzene ring substituents is 1. The molecule has 2 aromatic rings. The summed E-state index contributed by atoms with van der Waals surface area (Å²) in [5.74, 6) is -0.526. The van der Waals surface area contributed by atoms with Crippen molar-refractivity contribution in [2.24, 2.45) is 0 Å². The van der Waals surface area contributed by atoms with Gasteiger partial charge in [0, 0.05) is 24.8 Å². The number of alkyl carbamates (subject to hydrolysis) is 1. The van der Waals surface area contributed by atoms with Gasteiger partial charge in [-0.25, -0.2) is 17.9 Å². The van der Waals surface area contributed by atoms with Gasteiger partial charge in [0.2, 0.25) is 15.9 Å². The second kappa shape index (κ2) is 11.4. The molecule has 2 rings (SSSR count). The van der Waals surface area contributed by atoms with Crippen LogP contribution in [0.2, 0.25) is 0 Å². The van der Waals surface area contributed by atoms with Gasteiger partial charge in [0.25, 0.3) is 5.69 Å². The van der Waals surface area contributed by atoms with E-state index in [1.165, 1.54) is 42.5 Å². The van der Waals surface area contributed by atoms with Crippen LogP contribution in [0.25, 0.3) is 0 Å². The van der Waals surface area contributed by atoms with Crippen molar-refractivity contribution in [2.45, 2.75) is 31.3 Å². The number of nitro groups is 1. The molecule has 0 aliphatic rings. The van der Waals surface area contributed by atoms with Gasteiger partial charge < -0.3 is 20.7 Å². The largest absolute Gasteiger partial charge is 0.444 e. The summed E-state index contributed by atoms with van der Waals surface area (Å²) in [7, 11) is -3.91. The molecule has 0 aromatic heterocycles. The minimum atomic E-state index is -3.91. The SMILES string of the molecule is CC(C)(C)OC(=O)NCCNS(=O)(=O)c1cccc(NC(=O)CNc2ccccc2[N+](=O)[O-])c1. The summed E-state index contributed by atoms with van der Waals surface area (Å²) >= 11 is 0. The number of nitrogens with one attached hydrogen (secondary N) is 4. The fourth-order valence-corrected chi connectivity index (χ4v) is 3.73. The van der Waals surface area contributed by atoms with Crippen LogP contribution in [-0.2, 0) is 19.6 Å². The van der Waals surface area contributed by atoms with Crippen LogP contribution >= 0.6 is 0 Å². The van der Waals surface area contributed by atoms with Crippen molar-refractivity contribution in [3.05, 3.63) is 58.6 Å². The third-order valence-electron chi connectivity index (χ3n) is 4.05. The number of benzene rings is 2. The quantitative estimate of drug-likeness (QED) is 0.222. The zero-order valence-electron chi connectivity index (χ0n) is 19.0. The smallest absolute Gasteiger partial charge is 0.407 e. The summed E-state index contributed by atoms with van der Waals surface area (Å²) in [4.78, 5) is 34.2. The highest BCUT2D eigenvalue weighted by atomic mass is 32.2. The van der Waals surface area contributed by atoms with E-state index in [1.54, 1.807) is 26.8 Å². The minimum Gasteiger partial charge on any atom is -0.444 e. The van der Waals surface area contributed by atoms with E-state index >= 15 is 0 Å². The average Bonchev–Trinajstić information content (AvgIpc) is 2.74.